The lowest BCUT2D eigenvalue weighted by Gasteiger charge is -2.52. The van der Waals surface area contributed by atoms with Gasteiger partial charge in [0, 0.05) is 67.7 Å². The van der Waals surface area contributed by atoms with Crippen LogP contribution in [0.2, 0.25) is 0 Å². The van der Waals surface area contributed by atoms with Gasteiger partial charge in [0.05, 0.1) is 56.5 Å². The van der Waals surface area contributed by atoms with Crippen molar-refractivity contribution in [1.82, 2.24) is 24.5 Å². The summed E-state index contributed by atoms with van der Waals surface area (Å²) < 4.78 is 24.3. The minimum absolute atomic E-state index is 0.299. The van der Waals surface area contributed by atoms with E-state index in [2.05, 4.69) is 44.2 Å². The van der Waals surface area contributed by atoms with Crippen molar-refractivity contribution in [3.8, 4) is 28.8 Å². The molecule has 222 valence electrons. The number of pyridine rings is 3. The molecular weight excluding hydrogens is 546 g/mol. The molecule has 0 N–H and O–H groups in total. The van der Waals surface area contributed by atoms with Crippen molar-refractivity contribution in [2.75, 3.05) is 64.6 Å². The van der Waals surface area contributed by atoms with Gasteiger partial charge < -0.3 is 23.8 Å². The Morgan fingerprint density at radius 3 is 2.56 bits per heavy atom. The molecule has 2 aliphatic heterocycles. The van der Waals surface area contributed by atoms with Crippen LogP contribution < -0.4 is 14.4 Å². The topological polar surface area (TPSA) is 110 Å². The van der Waals surface area contributed by atoms with Gasteiger partial charge in [-0.2, -0.15) is 10.4 Å². The van der Waals surface area contributed by atoms with Gasteiger partial charge in [0.2, 0.25) is 5.88 Å². The minimum Gasteiger partial charge on any atom is -0.490 e. The first-order valence-electron chi connectivity index (χ1n) is 14.8. The van der Waals surface area contributed by atoms with E-state index in [-0.39, 0.29) is 0 Å². The number of hydrogen-bond donors (Lipinski definition) is 0. The van der Waals surface area contributed by atoms with Crippen LogP contribution >= 0.6 is 0 Å². The van der Waals surface area contributed by atoms with Gasteiger partial charge in [-0.1, -0.05) is 6.07 Å². The quantitative estimate of drug-likeness (QED) is 0.258. The Labute approximate surface area is 250 Å². The van der Waals surface area contributed by atoms with Gasteiger partial charge in [0.15, 0.2) is 0 Å². The Bertz CT molecular complexity index is 1600. The highest BCUT2D eigenvalue weighted by Crippen LogP contribution is 2.48. The molecule has 0 amide bonds. The van der Waals surface area contributed by atoms with Crippen LogP contribution in [-0.2, 0) is 16.0 Å². The second kappa shape index (κ2) is 11.8. The standard InChI is InChI=1S/C32H35N7O4/c1-40-30-5-2-23(16-35-30)19-37-6-8-38(9-7-37)29-4-3-24(17-34-29)28-12-26(20-39-31(28)25(15-33)18-36-39)42-10-11-43-27-13-32(14-27)21-41-22-32/h2-5,12,16-18,20,27H,6-11,13-14,19,21-22H2,1H3. The summed E-state index contributed by atoms with van der Waals surface area (Å²) in [4.78, 5) is 13.9. The third-order valence-corrected chi connectivity index (χ3v) is 8.72. The predicted molar refractivity (Wildman–Crippen MR) is 159 cm³/mol. The molecule has 0 atom stereocenters. The molecule has 4 aromatic heterocycles. The molecule has 43 heavy (non-hydrogen) atoms. The number of nitriles is 1. The van der Waals surface area contributed by atoms with E-state index in [1.165, 1.54) is 5.56 Å². The fourth-order valence-electron chi connectivity index (χ4n) is 6.25. The Hall–Kier alpha value is -4.24. The third kappa shape index (κ3) is 5.73. The number of methoxy groups -OCH3 is 1. The van der Waals surface area contributed by atoms with Crippen LogP contribution in [-0.4, -0.2) is 90.3 Å². The number of rotatable bonds is 10. The molecule has 3 fully saturated rings. The van der Waals surface area contributed by atoms with E-state index in [0.29, 0.717) is 41.9 Å². The summed E-state index contributed by atoms with van der Waals surface area (Å²) in [6, 6.07) is 12.3. The zero-order chi connectivity index (χ0) is 29.2. The van der Waals surface area contributed by atoms with Gasteiger partial charge in [0.25, 0.3) is 0 Å². The molecule has 3 aliphatic rings. The van der Waals surface area contributed by atoms with Crippen LogP contribution in [0, 0.1) is 16.7 Å². The summed E-state index contributed by atoms with van der Waals surface area (Å²) in [6.45, 7) is 7.24. The first-order chi connectivity index (χ1) is 21.1. The average molecular weight is 582 g/mol. The van der Waals surface area contributed by atoms with E-state index in [1.54, 1.807) is 17.8 Å². The van der Waals surface area contributed by atoms with E-state index < -0.39 is 0 Å². The molecule has 1 saturated carbocycles. The van der Waals surface area contributed by atoms with Crippen molar-refractivity contribution in [2.24, 2.45) is 5.41 Å². The molecule has 0 unspecified atom stereocenters. The predicted octanol–water partition coefficient (Wildman–Crippen LogP) is 3.57. The maximum absolute atomic E-state index is 9.74. The lowest BCUT2D eigenvalue weighted by molar-refractivity contribution is -0.210. The Kier molecular flexibility index (Phi) is 7.57. The molecule has 0 aromatic carbocycles. The fraction of sp³-hybridized carbons (Fsp3) is 0.438. The largest absolute Gasteiger partial charge is 0.490 e. The third-order valence-electron chi connectivity index (χ3n) is 8.72. The zero-order valence-electron chi connectivity index (χ0n) is 24.3. The van der Waals surface area contributed by atoms with Crippen LogP contribution in [0.1, 0.15) is 24.0 Å². The van der Waals surface area contributed by atoms with E-state index >= 15 is 0 Å². The maximum atomic E-state index is 9.74. The summed E-state index contributed by atoms with van der Waals surface area (Å²) in [7, 11) is 1.63. The highest BCUT2D eigenvalue weighted by atomic mass is 16.5. The first-order valence-corrected chi connectivity index (χ1v) is 14.8. The van der Waals surface area contributed by atoms with Crippen molar-refractivity contribution in [2.45, 2.75) is 25.5 Å². The fourth-order valence-corrected chi connectivity index (χ4v) is 6.25. The summed E-state index contributed by atoms with van der Waals surface area (Å²) in [6.07, 6.45) is 9.61. The normalized spacial score (nSPS) is 18.3. The molecule has 11 heteroatoms. The molecule has 0 radical (unpaired) electrons. The van der Waals surface area contributed by atoms with Crippen LogP contribution in [0.5, 0.6) is 11.6 Å². The summed E-state index contributed by atoms with van der Waals surface area (Å²) in [5.41, 5.74) is 4.57. The second-order valence-electron chi connectivity index (χ2n) is 11.7. The van der Waals surface area contributed by atoms with Gasteiger partial charge in [-0.25, -0.2) is 14.5 Å². The number of fused-ring (bicyclic) bond motifs is 1. The number of ether oxygens (including phenoxy) is 4. The van der Waals surface area contributed by atoms with Gasteiger partial charge >= 0.3 is 0 Å². The van der Waals surface area contributed by atoms with Gasteiger partial charge in [-0.05, 0) is 36.6 Å². The molecule has 4 aromatic rings. The highest BCUT2D eigenvalue weighted by molar-refractivity contribution is 5.85. The summed E-state index contributed by atoms with van der Waals surface area (Å²) in [5, 5.41) is 14.1. The number of piperazine rings is 1. The molecule has 1 aliphatic carbocycles. The molecule has 6 heterocycles. The van der Waals surface area contributed by atoms with Crippen molar-refractivity contribution in [3.05, 3.63) is 66.2 Å². The number of anilines is 1. The Morgan fingerprint density at radius 2 is 1.88 bits per heavy atom. The van der Waals surface area contributed by atoms with E-state index in [9.17, 15) is 5.26 Å². The average Bonchev–Trinajstić information content (AvgIpc) is 3.43. The Morgan fingerprint density at radius 1 is 1.02 bits per heavy atom. The van der Waals surface area contributed by atoms with Gasteiger partial charge in [0.1, 0.15) is 24.2 Å². The molecule has 1 spiro atoms. The summed E-state index contributed by atoms with van der Waals surface area (Å²) in [5.74, 6) is 2.24. The lowest BCUT2D eigenvalue weighted by Crippen LogP contribution is -2.55. The van der Waals surface area contributed by atoms with E-state index in [1.807, 2.05) is 30.7 Å². The highest BCUT2D eigenvalue weighted by Gasteiger charge is 2.50. The van der Waals surface area contributed by atoms with Crippen LogP contribution in [0.25, 0.3) is 16.6 Å². The van der Waals surface area contributed by atoms with Gasteiger partial charge in [-0.15, -0.1) is 0 Å². The maximum Gasteiger partial charge on any atom is 0.212 e. The second-order valence-corrected chi connectivity index (χ2v) is 11.7. The summed E-state index contributed by atoms with van der Waals surface area (Å²) >= 11 is 0. The van der Waals surface area contributed by atoms with Crippen molar-refractivity contribution < 1.29 is 18.9 Å². The molecular formula is C32H35N7O4. The monoisotopic (exact) mass is 581 g/mol. The van der Waals surface area contributed by atoms with E-state index in [0.717, 1.165) is 81.2 Å². The lowest BCUT2D eigenvalue weighted by atomic mass is 9.65. The van der Waals surface area contributed by atoms with Crippen molar-refractivity contribution >= 4 is 11.3 Å². The van der Waals surface area contributed by atoms with Crippen molar-refractivity contribution in [1.29, 1.82) is 5.26 Å². The Balaban J connectivity index is 0.987. The SMILES string of the molecule is COc1ccc(CN2CCN(c3ccc(-c4cc(OCCOC5CC6(COC6)C5)cn5ncc(C#N)c45)cn3)CC2)cn1. The van der Waals surface area contributed by atoms with Crippen LogP contribution in [0.3, 0.4) is 0 Å². The smallest absolute Gasteiger partial charge is 0.212 e. The number of nitrogens with zero attached hydrogens (tertiary/aromatic N) is 7. The molecule has 0 bridgehead atoms. The number of hydrogen-bond acceptors (Lipinski definition) is 10. The zero-order valence-corrected chi connectivity index (χ0v) is 24.3. The van der Waals surface area contributed by atoms with Crippen LogP contribution in [0.4, 0.5) is 5.82 Å². The van der Waals surface area contributed by atoms with Gasteiger partial charge in [-0.3, -0.25) is 4.90 Å². The molecule has 11 nitrogen and oxygen atoms in total. The molecule has 7 rings (SSSR count). The number of aromatic nitrogens is 4. The first kappa shape index (κ1) is 27.6. The van der Waals surface area contributed by atoms with E-state index in [4.69, 9.17) is 23.9 Å². The molecule has 2 saturated heterocycles. The minimum atomic E-state index is 0.299. The van der Waals surface area contributed by atoms with Crippen molar-refractivity contribution in [3.63, 3.8) is 0 Å². The van der Waals surface area contributed by atoms with Crippen LogP contribution in [0.15, 0.2) is 55.1 Å².